The zero-order chi connectivity index (χ0) is 19.7. The number of aliphatic imine (C=N–C) groups is 1. The number of carbonyl (C=O) groups is 1. The molecule has 3 aromatic rings. The fourth-order valence-corrected chi connectivity index (χ4v) is 3.46. The molecule has 8 heteroatoms. The van der Waals surface area contributed by atoms with E-state index in [4.69, 9.17) is 16.3 Å². The normalized spacial score (nSPS) is 18.2. The van der Waals surface area contributed by atoms with Crippen molar-refractivity contribution in [3.8, 4) is 5.75 Å². The first-order chi connectivity index (χ1) is 13.6. The van der Waals surface area contributed by atoms with Crippen molar-refractivity contribution in [2.45, 2.75) is 13.0 Å². The van der Waals surface area contributed by atoms with Crippen molar-refractivity contribution in [3.63, 3.8) is 0 Å². The van der Waals surface area contributed by atoms with Crippen molar-refractivity contribution in [3.05, 3.63) is 65.4 Å². The molecule has 1 aromatic heterocycles. The predicted octanol–water partition coefficient (Wildman–Crippen LogP) is 3.89. The van der Waals surface area contributed by atoms with E-state index in [9.17, 15) is 4.79 Å². The van der Waals surface area contributed by atoms with Crippen molar-refractivity contribution >= 4 is 34.9 Å². The van der Waals surface area contributed by atoms with Crippen molar-refractivity contribution in [2.75, 3.05) is 12.4 Å². The molecule has 4 rings (SSSR count). The molecule has 0 aliphatic carbocycles. The molecule has 0 saturated heterocycles. The number of halogens is 1. The minimum atomic E-state index is -0.543. The Kier molecular flexibility index (Phi) is 4.83. The largest absolute Gasteiger partial charge is 0.497 e. The number of anilines is 1. The van der Waals surface area contributed by atoms with Crippen LogP contribution in [-0.4, -0.2) is 33.5 Å². The maximum Gasteiger partial charge on any atom is 0.248 e. The molecule has 1 aliphatic rings. The zero-order valence-corrected chi connectivity index (χ0v) is 16.1. The van der Waals surface area contributed by atoms with Crippen LogP contribution in [0.3, 0.4) is 0 Å². The van der Waals surface area contributed by atoms with Gasteiger partial charge in [0, 0.05) is 16.4 Å². The van der Waals surface area contributed by atoms with E-state index in [0.29, 0.717) is 22.4 Å². The summed E-state index contributed by atoms with van der Waals surface area (Å²) in [4.78, 5) is 21.9. The zero-order valence-electron chi connectivity index (χ0n) is 15.3. The highest BCUT2D eigenvalue weighted by Gasteiger charge is 2.38. The Balaban J connectivity index is 1.71. The Labute approximate surface area is 167 Å². The molecule has 1 amide bonds. The van der Waals surface area contributed by atoms with E-state index in [-0.39, 0.29) is 11.9 Å². The minimum absolute atomic E-state index is 0.175. The predicted molar refractivity (Wildman–Crippen MR) is 107 cm³/mol. The van der Waals surface area contributed by atoms with Crippen LogP contribution in [0.4, 0.5) is 11.6 Å². The summed E-state index contributed by atoms with van der Waals surface area (Å²) in [7, 11) is 1.62. The number of carbonyl (C=O) groups excluding carboxylic acids is 1. The number of methoxy groups -OCH3 is 1. The second-order valence-corrected chi connectivity index (χ2v) is 6.89. The third kappa shape index (κ3) is 3.36. The van der Waals surface area contributed by atoms with Crippen LogP contribution >= 0.6 is 11.6 Å². The summed E-state index contributed by atoms with van der Waals surface area (Å²) in [6, 6.07) is 14.2. The Morgan fingerprint density at radius 2 is 1.86 bits per heavy atom. The number of rotatable bonds is 4. The third-order valence-corrected chi connectivity index (χ3v) is 4.96. The van der Waals surface area contributed by atoms with Crippen LogP contribution < -0.4 is 10.1 Å². The lowest BCUT2D eigenvalue weighted by atomic mass is 9.87. The first-order valence-corrected chi connectivity index (χ1v) is 9.09. The molecule has 7 nitrogen and oxygen atoms in total. The van der Waals surface area contributed by atoms with E-state index in [1.165, 1.54) is 6.33 Å². The lowest BCUT2D eigenvalue weighted by molar-refractivity contribution is -0.118. The molecule has 0 fully saturated rings. The van der Waals surface area contributed by atoms with Crippen LogP contribution in [0.1, 0.15) is 18.5 Å². The lowest BCUT2D eigenvalue weighted by Crippen LogP contribution is -2.39. The fourth-order valence-electron chi connectivity index (χ4n) is 3.34. The standard InChI is InChI=1S/C20H18ClN5O2/c1-12-17(19(27)25-15-7-5-14(21)6-8-15)18(26-20(24-12)22-11-23-26)13-3-9-16(28-2)10-4-13/h3-11,17-18H,1-2H3,(H,25,27). The van der Waals surface area contributed by atoms with Gasteiger partial charge < -0.3 is 10.1 Å². The molecule has 0 radical (unpaired) electrons. The molecule has 1 N–H and O–H groups in total. The molecule has 28 heavy (non-hydrogen) atoms. The SMILES string of the molecule is COc1ccc(C2C(C(=O)Nc3ccc(Cl)cc3)C(C)=Nc3ncnn32)cc1. The number of nitrogens with one attached hydrogen (secondary N) is 1. The number of ether oxygens (including phenoxy) is 1. The summed E-state index contributed by atoms with van der Waals surface area (Å²) in [5.74, 6) is 0.503. The second kappa shape index (κ2) is 7.44. The summed E-state index contributed by atoms with van der Waals surface area (Å²) >= 11 is 5.93. The van der Waals surface area contributed by atoms with Crippen molar-refractivity contribution < 1.29 is 9.53 Å². The summed E-state index contributed by atoms with van der Waals surface area (Å²) in [6.45, 7) is 1.83. The highest BCUT2D eigenvalue weighted by Crippen LogP contribution is 2.36. The van der Waals surface area contributed by atoms with E-state index >= 15 is 0 Å². The second-order valence-electron chi connectivity index (χ2n) is 6.45. The van der Waals surface area contributed by atoms with Crippen LogP contribution in [0.5, 0.6) is 5.75 Å². The van der Waals surface area contributed by atoms with E-state index < -0.39 is 5.92 Å². The summed E-state index contributed by atoms with van der Waals surface area (Å²) < 4.78 is 6.93. The van der Waals surface area contributed by atoms with Crippen molar-refractivity contribution in [1.82, 2.24) is 14.8 Å². The molecule has 2 heterocycles. The summed E-state index contributed by atoms with van der Waals surface area (Å²) in [5, 5.41) is 7.87. The molecule has 2 aromatic carbocycles. The molecule has 2 unspecified atom stereocenters. The molecule has 2 atom stereocenters. The summed E-state index contributed by atoms with van der Waals surface area (Å²) in [6.07, 6.45) is 1.45. The highest BCUT2D eigenvalue weighted by atomic mass is 35.5. The average molecular weight is 396 g/mol. The van der Waals surface area contributed by atoms with Gasteiger partial charge in [0.25, 0.3) is 0 Å². The molecule has 0 bridgehead atoms. The van der Waals surface area contributed by atoms with E-state index in [0.717, 1.165) is 11.3 Å². The molecule has 1 aliphatic heterocycles. The van der Waals surface area contributed by atoms with Crippen LogP contribution in [0.2, 0.25) is 5.02 Å². The minimum Gasteiger partial charge on any atom is -0.497 e. The van der Waals surface area contributed by atoms with Gasteiger partial charge in [0.15, 0.2) is 0 Å². The number of nitrogens with zero attached hydrogens (tertiary/aromatic N) is 4. The average Bonchev–Trinajstić information content (AvgIpc) is 3.16. The van der Waals surface area contributed by atoms with Crippen molar-refractivity contribution in [2.24, 2.45) is 10.9 Å². The van der Waals surface area contributed by atoms with Gasteiger partial charge in [-0.25, -0.2) is 9.67 Å². The molecular formula is C20H18ClN5O2. The van der Waals surface area contributed by atoms with Gasteiger partial charge in [-0.3, -0.25) is 4.79 Å². The Hall–Kier alpha value is -3.19. The Morgan fingerprint density at radius 1 is 1.14 bits per heavy atom. The molecule has 142 valence electrons. The number of hydrogen-bond acceptors (Lipinski definition) is 5. The lowest BCUT2D eigenvalue weighted by Gasteiger charge is -2.30. The van der Waals surface area contributed by atoms with Gasteiger partial charge >= 0.3 is 0 Å². The molecule has 0 spiro atoms. The summed E-state index contributed by atoms with van der Waals surface area (Å²) in [5.41, 5.74) is 2.26. The van der Waals surface area contributed by atoms with Gasteiger partial charge in [0.05, 0.1) is 13.2 Å². The van der Waals surface area contributed by atoms with Crippen molar-refractivity contribution in [1.29, 1.82) is 0 Å². The fraction of sp³-hybridized carbons (Fsp3) is 0.200. The van der Waals surface area contributed by atoms with Crippen LogP contribution in [0.25, 0.3) is 0 Å². The van der Waals surface area contributed by atoms with Gasteiger partial charge in [-0.05, 0) is 48.9 Å². The van der Waals surface area contributed by atoms with Crippen LogP contribution in [0.15, 0.2) is 59.9 Å². The Morgan fingerprint density at radius 3 is 2.54 bits per heavy atom. The van der Waals surface area contributed by atoms with Gasteiger partial charge in [-0.1, -0.05) is 23.7 Å². The number of fused-ring (bicyclic) bond motifs is 1. The number of benzene rings is 2. The van der Waals surface area contributed by atoms with Crippen LogP contribution in [-0.2, 0) is 4.79 Å². The maximum absolute atomic E-state index is 13.2. The number of hydrogen-bond donors (Lipinski definition) is 1. The van der Waals surface area contributed by atoms with E-state index in [1.54, 1.807) is 36.1 Å². The first kappa shape index (κ1) is 18.2. The maximum atomic E-state index is 13.2. The third-order valence-electron chi connectivity index (χ3n) is 4.71. The van der Waals surface area contributed by atoms with Gasteiger partial charge in [-0.15, -0.1) is 0 Å². The van der Waals surface area contributed by atoms with Gasteiger partial charge in [0.1, 0.15) is 18.0 Å². The van der Waals surface area contributed by atoms with Gasteiger partial charge in [-0.2, -0.15) is 10.1 Å². The molecular weight excluding hydrogens is 378 g/mol. The monoisotopic (exact) mass is 395 g/mol. The number of amides is 1. The smallest absolute Gasteiger partial charge is 0.248 e. The topological polar surface area (TPSA) is 81.4 Å². The molecule has 0 saturated carbocycles. The Bertz CT molecular complexity index is 1030. The van der Waals surface area contributed by atoms with Gasteiger partial charge in [0.2, 0.25) is 11.9 Å². The first-order valence-electron chi connectivity index (χ1n) is 8.72. The van der Waals surface area contributed by atoms with E-state index in [1.807, 2.05) is 31.2 Å². The van der Waals surface area contributed by atoms with E-state index in [2.05, 4.69) is 20.4 Å². The van der Waals surface area contributed by atoms with Crippen LogP contribution in [0, 0.1) is 5.92 Å². The highest BCUT2D eigenvalue weighted by molar-refractivity contribution is 6.30. The quantitative estimate of drug-likeness (QED) is 0.726. The number of aromatic nitrogens is 3.